The van der Waals surface area contributed by atoms with Crippen LogP contribution in [0.4, 0.5) is 5.82 Å². The molecule has 2 aromatic heterocycles. The topological polar surface area (TPSA) is 52.5 Å². The lowest BCUT2D eigenvalue weighted by molar-refractivity contribution is 0.146. The number of benzene rings is 1. The molecule has 0 aliphatic carbocycles. The third-order valence-corrected chi connectivity index (χ3v) is 7.55. The number of nitrogens with zero attached hydrogens (tertiary/aromatic N) is 6. The molecule has 7 heteroatoms. The van der Waals surface area contributed by atoms with E-state index in [2.05, 4.69) is 74.9 Å². The van der Waals surface area contributed by atoms with Gasteiger partial charge in [-0.3, -0.25) is 14.5 Å². The summed E-state index contributed by atoms with van der Waals surface area (Å²) in [6.07, 6.45) is 7.91. The molecule has 1 aromatic carbocycles. The Morgan fingerprint density at radius 1 is 0.914 bits per heavy atom. The summed E-state index contributed by atoms with van der Waals surface area (Å²) in [5, 5.41) is 10.4. The predicted octanol–water partition coefficient (Wildman–Crippen LogP) is 4.18. The summed E-state index contributed by atoms with van der Waals surface area (Å²) in [6.45, 7) is 16.3. The largest absolute Gasteiger partial charge is 0.343 e. The zero-order valence-corrected chi connectivity index (χ0v) is 21.3. The molecular formula is C28H39N7. The summed E-state index contributed by atoms with van der Waals surface area (Å²) in [7, 11) is 2.06. The quantitative estimate of drug-likeness (QED) is 0.530. The van der Waals surface area contributed by atoms with Crippen LogP contribution in [0.2, 0.25) is 0 Å². The monoisotopic (exact) mass is 473 g/mol. The molecule has 4 heterocycles. The predicted molar refractivity (Wildman–Crippen MR) is 144 cm³/mol. The van der Waals surface area contributed by atoms with Crippen LogP contribution in [0.25, 0.3) is 21.9 Å². The molecule has 7 nitrogen and oxygen atoms in total. The lowest BCUT2D eigenvalue weighted by atomic mass is 10.0. The number of pyridine rings is 1. The van der Waals surface area contributed by atoms with Crippen LogP contribution in [-0.4, -0.2) is 81.8 Å². The van der Waals surface area contributed by atoms with Crippen LogP contribution in [0.5, 0.6) is 0 Å². The Labute approximate surface area is 209 Å². The summed E-state index contributed by atoms with van der Waals surface area (Å²) in [4.78, 5) is 12.2. The van der Waals surface area contributed by atoms with Gasteiger partial charge in [-0.25, -0.2) is 4.98 Å². The van der Waals surface area contributed by atoms with Gasteiger partial charge in [-0.15, -0.1) is 0 Å². The van der Waals surface area contributed by atoms with E-state index in [9.17, 15) is 0 Å². The molecule has 0 spiro atoms. The molecule has 0 atom stereocenters. The van der Waals surface area contributed by atoms with Crippen LogP contribution in [0.1, 0.15) is 31.9 Å². The number of aryl methyl sites for hydroxylation is 1. The number of likely N-dealkylation sites (tertiary alicyclic amines) is 1. The number of piperidine rings is 1. The van der Waals surface area contributed by atoms with Crippen LogP contribution in [-0.2, 0) is 13.6 Å². The normalized spacial score (nSPS) is 18.2. The van der Waals surface area contributed by atoms with Gasteiger partial charge in [0.15, 0.2) is 0 Å². The van der Waals surface area contributed by atoms with Gasteiger partial charge in [0.1, 0.15) is 5.82 Å². The molecule has 0 radical (unpaired) electrons. The second-order valence-corrected chi connectivity index (χ2v) is 10.0. The van der Waals surface area contributed by atoms with Gasteiger partial charge in [-0.2, -0.15) is 5.10 Å². The molecule has 5 rings (SSSR count). The number of nitrogens with one attached hydrogen (secondary N) is 1. The van der Waals surface area contributed by atoms with Gasteiger partial charge in [0.2, 0.25) is 0 Å². The summed E-state index contributed by atoms with van der Waals surface area (Å²) in [5.41, 5.74) is 4.72. The Morgan fingerprint density at radius 3 is 2.46 bits per heavy atom. The lowest BCUT2D eigenvalue weighted by Crippen LogP contribution is -2.46. The van der Waals surface area contributed by atoms with E-state index in [0.29, 0.717) is 0 Å². The molecule has 3 aromatic rings. The van der Waals surface area contributed by atoms with Crippen molar-refractivity contribution in [2.24, 2.45) is 7.05 Å². The summed E-state index contributed by atoms with van der Waals surface area (Å²) >= 11 is 0. The standard InChI is InChI=1S/C28H39N7/c1-4-33-12-14-35(15-13-33)20-22(2)31-28-17-25-16-23(8-9-24(25)18-29-28)26-19-30-32(3)27(26)21-34-10-6-5-7-11-34/h8-9,16-19H,2,4-7,10-15,20-21H2,1,3H3,(H,29,31). The number of aromatic nitrogens is 3. The first kappa shape index (κ1) is 24.0. The van der Waals surface area contributed by atoms with Crippen molar-refractivity contribution in [2.75, 3.05) is 57.7 Å². The Bertz CT molecular complexity index is 1150. The average molecular weight is 474 g/mol. The first-order valence-electron chi connectivity index (χ1n) is 13.1. The van der Waals surface area contributed by atoms with Crippen LogP contribution in [0, 0.1) is 0 Å². The third-order valence-electron chi connectivity index (χ3n) is 7.55. The van der Waals surface area contributed by atoms with Gasteiger partial charge in [0.25, 0.3) is 0 Å². The summed E-state index contributed by atoms with van der Waals surface area (Å²) in [6, 6.07) is 8.77. The maximum absolute atomic E-state index is 4.64. The number of fused-ring (bicyclic) bond motifs is 1. The van der Waals surface area contributed by atoms with Crippen molar-refractivity contribution in [3.05, 3.63) is 54.6 Å². The van der Waals surface area contributed by atoms with E-state index in [4.69, 9.17) is 0 Å². The number of likely N-dealkylation sites (N-methyl/N-ethyl adjacent to an activating group) is 1. The van der Waals surface area contributed by atoms with Crippen molar-refractivity contribution in [2.45, 2.75) is 32.7 Å². The Hall–Kier alpha value is -2.74. The van der Waals surface area contributed by atoms with E-state index in [1.807, 2.05) is 17.1 Å². The van der Waals surface area contributed by atoms with E-state index in [-0.39, 0.29) is 0 Å². The first-order chi connectivity index (χ1) is 17.1. The Balaban J connectivity index is 1.29. The average Bonchev–Trinajstić information content (AvgIpc) is 3.24. The Kier molecular flexibility index (Phi) is 7.46. The van der Waals surface area contributed by atoms with Gasteiger partial charge in [-0.1, -0.05) is 32.1 Å². The van der Waals surface area contributed by atoms with Crippen LogP contribution < -0.4 is 5.32 Å². The number of rotatable bonds is 8. The minimum absolute atomic E-state index is 0.853. The van der Waals surface area contributed by atoms with Crippen molar-refractivity contribution in [1.82, 2.24) is 29.5 Å². The van der Waals surface area contributed by atoms with Crippen LogP contribution in [0.15, 0.2) is 48.9 Å². The maximum atomic E-state index is 4.64. The number of hydrogen-bond donors (Lipinski definition) is 1. The smallest absolute Gasteiger partial charge is 0.130 e. The maximum Gasteiger partial charge on any atom is 0.130 e. The van der Waals surface area contributed by atoms with Gasteiger partial charge in [-0.05, 0) is 55.6 Å². The van der Waals surface area contributed by atoms with Gasteiger partial charge >= 0.3 is 0 Å². The molecular weight excluding hydrogens is 434 g/mol. The molecule has 2 aliphatic heterocycles. The van der Waals surface area contributed by atoms with Crippen molar-refractivity contribution in [3.8, 4) is 11.1 Å². The fourth-order valence-corrected chi connectivity index (χ4v) is 5.35. The second-order valence-electron chi connectivity index (χ2n) is 10.0. The highest BCUT2D eigenvalue weighted by atomic mass is 15.3. The van der Waals surface area contributed by atoms with Crippen molar-refractivity contribution in [1.29, 1.82) is 0 Å². The van der Waals surface area contributed by atoms with Gasteiger partial charge < -0.3 is 10.2 Å². The number of hydrogen-bond acceptors (Lipinski definition) is 6. The highest BCUT2D eigenvalue weighted by Gasteiger charge is 2.18. The lowest BCUT2D eigenvalue weighted by Gasteiger charge is -2.34. The van der Waals surface area contributed by atoms with E-state index in [1.54, 1.807) is 0 Å². The minimum Gasteiger partial charge on any atom is -0.343 e. The van der Waals surface area contributed by atoms with E-state index >= 15 is 0 Å². The second kappa shape index (κ2) is 10.9. The van der Waals surface area contributed by atoms with E-state index in [1.165, 1.54) is 54.6 Å². The molecule has 2 saturated heterocycles. The SMILES string of the molecule is C=C(CN1CCN(CC)CC1)Nc1cc2cc(-c3cnn(C)c3CN3CCCCC3)ccc2cn1. The third kappa shape index (κ3) is 5.74. The first-order valence-corrected chi connectivity index (χ1v) is 13.1. The minimum atomic E-state index is 0.853. The number of anilines is 1. The van der Waals surface area contributed by atoms with E-state index < -0.39 is 0 Å². The molecule has 1 N–H and O–H groups in total. The molecule has 2 fully saturated rings. The zero-order chi connectivity index (χ0) is 24.2. The van der Waals surface area contributed by atoms with Crippen molar-refractivity contribution < 1.29 is 0 Å². The van der Waals surface area contributed by atoms with Crippen LogP contribution in [0.3, 0.4) is 0 Å². The Morgan fingerprint density at radius 2 is 1.69 bits per heavy atom. The highest BCUT2D eigenvalue weighted by Crippen LogP contribution is 2.29. The van der Waals surface area contributed by atoms with Crippen molar-refractivity contribution in [3.63, 3.8) is 0 Å². The van der Waals surface area contributed by atoms with Gasteiger partial charge in [0.05, 0.1) is 11.9 Å². The summed E-state index contributed by atoms with van der Waals surface area (Å²) < 4.78 is 2.04. The molecule has 0 amide bonds. The highest BCUT2D eigenvalue weighted by molar-refractivity contribution is 5.88. The summed E-state index contributed by atoms with van der Waals surface area (Å²) in [5.74, 6) is 0.853. The fourth-order valence-electron chi connectivity index (χ4n) is 5.35. The molecule has 0 saturated carbocycles. The fraction of sp³-hybridized carbons (Fsp3) is 0.500. The number of piperazine rings is 1. The molecule has 2 aliphatic rings. The molecule has 35 heavy (non-hydrogen) atoms. The van der Waals surface area contributed by atoms with Crippen LogP contribution >= 0.6 is 0 Å². The zero-order valence-electron chi connectivity index (χ0n) is 21.3. The van der Waals surface area contributed by atoms with Gasteiger partial charge in [0, 0.05) is 69.2 Å². The van der Waals surface area contributed by atoms with Crippen molar-refractivity contribution >= 4 is 16.6 Å². The molecule has 186 valence electrons. The molecule has 0 bridgehead atoms. The van der Waals surface area contributed by atoms with E-state index in [0.717, 1.165) is 62.7 Å². The molecule has 0 unspecified atom stereocenters.